The summed E-state index contributed by atoms with van der Waals surface area (Å²) >= 11 is 5.92. The maximum Gasteiger partial charge on any atom is 0.227 e. The zero-order valence-corrected chi connectivity index (χ0v) is 11.8. The van der Waals surface area contributed by atoms with Crippen molar-refractivity contribution in [2.24, 2.45) is 0 Å². The van der Waals surface area contributed by atoms with Gasteiger partial charge < -0.3 is 4.90 Å². The first kappa shape index (κ1) is 13.1. The number of halogens is 1. The molecule has 2 heterocycles. The van der Waals surface area contributed by atoms with Gasteiger partial charge in [-0.2, -0.15) is 0 Å². The molecule has 1 aromatic heterocycles. The molecular formula is C16H15ClN2O. The van der Waals surface area contributed by atoms with E-state index in [0.29, 0.717) is 18.1 Å². The van der Waals surface area contributed by atoms with Crippen LogP contribution < -0.4 is 4.90 Å². The average molecular weight is 287 g/mol. The summed E-state index contributed by atoms with van der Waals surface area (Å²) < 4.78 is 0. The van der Waals surface area contributed by atoms with E-state index >= 15 is 0 Å². The normalized spacial score (nSPS) is 14.8. The first-order valence-electron chi connectivity index (χ1n) is 6.74. The van der Waals surface area contributed by atoms with Crippen LogP contribution in [0.2, 0.25) is 5.15 Å². The standard InChI is InChI=1S/C16H15ClN2O/c17-15-9-4-7-13(18-15)11-19-14-8-2-1-5-12(14)6-3-10-16(19)20/h1-2,4-5,7-9H,3,6,10-11H2. The van der Waals surface area contributed by atoms with Crippen molar-refractivity contribution in [1.82, 2.24) is 4.98 Å². The fourth-order valence-electron chi connectivity index (χ4n) is 2.56. The lowest BCUT2D eigenvalue weighted by Crippen LogP contribution is -2.30. The van der Waals surface area contributed by atoms with E-state index in [1.165, 1.54) is 5.56 Å². The second-order valence-electron chi connectivity index (χ2n) is 4.91. The van der Waals surface area contributed by atoms with Gasteiger partial charge in [-0.05, 0) is 36.6 Å². The smallest absolute Gasteiger partial charge is 0.227 e. The predicted molar refractivity (Wildman–Crippen MR) is 79.8 cm³/mol. The van der Waals surface area contributed by atoms with Gasteiger partial charge in [0.15, 0.2) is 0 Å². The van der Waals surface area contributed by atoms with E-state index in [9.17, 15) is 4.79 Å². The van der Waals surface area contributed by atoms with Crippen LogP contribution in [0.4, 0.5) is 5.69 Å². The van der Waals surface area contributed by atoms with Crippen LogP contribution in [0, 0.1) is 0 Å². The number of fused-ring (bicyclic) bond motifs is 1. The molecule has 1 amide bonds. The topological polar surface area (TPSA) is 33.2 Å². The Labute approximate surface area is 123 Å². The van der Waals surface area contributed by atoms with E-state index in [1.807, 2.05) is 35.2 Å². The minimum Gasteiger partial charge on any atom is -0.306 e. The monoisotopic (exact) mass is 286 g/mol. The molecule has 3 rings (SSSR count). The summed E-state index contributed by atoms with van der Waals surface area (Å²) in [6.07, 6.45) is 2.42. The molecule has 0 saturated carbocycles. The van der Waals surface area contributed by atoms with Crippen LogP contribution in [0.1, 0.15) is 24.1 Å². The SMILES string of the molecule is O=C1CCCc2ccccc2N1Cc1cccc(Cl)n1. The van der Waals surface area contributed by atoms with Gasteiger partial charge >= 0.3 is 0 Å². The number of anilines is 1. The number of carbonyl (C=O) groups excluding carboxylic acids is 1. The van der Waals surface area contributed by atoms with Gasteiger partial charge in [0.1, 0.15) is 5.15 Å². The number of para-hydroxylation sites is 1. The highest BCUT2D eigenvalue weighted by atomic mass is 35.5. The number of aromatic nitrogens is 1. The maximum absolute atomic E-state index is 12.3. The quantitative estimate of drug-likeness (QED) is 0.790. The summed E-state index contributed by atoms with van der Waals surface area (Å²) in [5, 5.41) is 0.457. The minimum absolute atomic E-state index is 0.150. The first-order valence-corrected chi connectivity index (χ1v) is 7.11. The molecule has 20 heavy (non-hydrogen) atoms. The maximum atomic E-state index is 12.3. The number of carbonyl (C=O) groups is 1. The lowest BCUT2D eigenvalue weighted by molar-refractivity contribution is -0.118. The Bertz CT molecular complexity index is 642. The van der Waals surface area contributed by atoms with Gasteiger partial charge in [0.05, 0.1) is 12.2 Å². The van der Waals surface area contributed by atoms with Crippen LogP contribution in [-0.2, 0) is 17.8 Å². The van der Waals surface area contributed by atoms with Crippen molar-refractivity contribution in [3.63, 3.8) is 0 Å². The van der Waals surface area contributed by atoms with Crippen LogP contribution >= 0.6 is 11.6 Å². The number of hydrogen-bond acceptors (Lipinski definition) is 2. The largest absolute Gasteiger partial charge is 0.306 e. The Morgan fingerprint density at radius 1 is 1.10 bits per heavy atom. The predicted octanol–water partition coefficient (Wildman–Crippen LogP) is 3.60. The van der Waals surface area contributed by atoms with Gasteiger partial charge in [-0.15, -0.1) is 0 Å². The van der Waals surface area contributed by atoms with E-state index in [1.54, 1.807) is 6.07 Å². The summed E-state index contributed by atoms with van der Waals surface area (Å²) in [6.45, 7) is 0.469. The van der Waals surface area contributed by atoms with Crippen LogP contribution in [0.5, 0.6) is 0 Å². The molecule has 1 aromatic carbocycles. The Hall–Kier alpha value is -1.87. The summed E-state index contributed by atoms with van der Waals surface area (Å²) in [5.74, 6) is 0.150. The third-order valence-electron chi connectivity index (χ3n) is 3.51. The lowest BCUT2D eigenvalue weighted by atomic mass is 10.1. The van der Waals surface area contributed by atoms with Gasteiger partial charge in [-0.1, -0.05) is 35.9 Å². The van der Waals surface area contributed by atoms with Gasteiger partial charge in [-0.25, -0.2) is 4.98 Å². The number of amides is 1. The van der Waals surface area contributed by atoms with Crippen molar-refractivity contribution in [3.05, 3.63) is 58.9 Å². The van der Waals surface area contributed by atoms with Crippen LogP contribution in [0.3, 0.4) is 0 Å². The lowest BCUT2D eigenvalue weighted by Gasteiger charge is -2.22. The molecule has 2 aromatic rings. The number of hydrogen-bond donors (Lipinski definition) is 0. The second kappa shape index (κ2) is 5.63. The molecule has 0 unspecified atom stereocenters. The third-order valence-corrected chi connectivity index (χ3v) is 3.72. The van der Waals surface area contributed by atoms with E-state index in [-0.39, 0.29) is 5.91 Å². The Morgan fingerprint density at radius 3 is 2.80 bits per heavy atom. The molecule has 102 valence electrons. The van der Waals surface area contributed by atoms with Crippen molar-refractivity contribution in [2.75, 3.05) is 4.90 Å². The number of benzene rings is 1. The molecule has 1 aliphatic heterocycles. The zero-order valence-electron chi connectivity index (χ0n) is 11.1. The van der Waals surface area contributed by atoms with Crippen molar-refractivity contribution in [1.29, 1.82) is 0 Å². The molecule has 0 saturated heterocycles. The van der Waals surface area contributed by atoms with Gasteiger partial charge in [0, 0.05) is 12.1 Å². The molecular weight excluding hydrogens is 272 g/mol. The van der Waals surface area contributed by atoms with Crippen molar-refractivity contribution < 1.29 is 4.79 Å². The second-order valence-corrected chi connectivity index (χ2v) is 5.30. The fourth-order valence-corrected chi connectivity index (χ4v) is 2.74. The molecule has 0 bridgehead atoms. The number of nitrogens with zero attached hydrogens (tertiary/aromatic N) is 2. The molecule has 0 spiro atoms. The minimum atomic E-state index is 0.150. The molecule has 4 heteroatoms. The molecule has 3 nitrogen and oxygen atoms in total. The molecule has 0 radical (unpaired) electrons. The molecule has 1 aliphatic rings. The third kappa shape index (κ3) is 2.68. The summed E-state index contributed by atoms with van der Waals surface area (Å²) in [6, 6.07) is 13.6. The van der Waals surface area contributed by atoms with Gasteiger partial charge in [0.2, 0.25) is 5.91 Å². The first-order chi connectivity index (χ1) is 9.74. The van der Waals surface area contributed by atoms with Crippen molar-refractivity contribution >= 4 is 23.2 Å². The summed E-state index contributed by atoms with van der Waals surface area (Å²) in [7, 11) is 0. The molecule has 0 fully saturated rings. The van der Waals surface area contributed by atoms with Crippen molar-refractivity contribution in [2.45, 2.75) is 25.8 Å². The number of rotatable bonds is 2. The molecule has 0 atom stereocenters. The Kier molecular flexibility index (Phi) is 3.70. The number of aryl methyl sites for hydroxylation is 1. The summed E-state index contributed by atoms with van der Waals surface area (Å²) in [4.78, 5) is 18.4. The highest BCUT2D eigenvalue weighted by Crippen LogP contribution is 2.28. The highest BCUT2D eigenvalue weighted by molar-refractivity contribution is 6.29. The van der Waals surface area contributed by atoms with E-state index in [0.717, 1.165) is 24.2 Å². The fraction of sp³-hybridized carbons (Fsp3) is 0.250. The molecule has 0 N–H and O–H groups in total. The van der Waals surface area contributed by atoms with Crippen molar-refractivity contribution in [3.8, 4) is 0 Å². The van der Waals surface area contributed by atoms with Crippen LogP contribution in [0.15, 0.2) is 42.5 Å². The average Bonchev–Trinajstić information content (AvgIpc) is 2.59. The Morgan fingerprint density at radius 2 is 1.95 bits per heavy atom. The van der Waals surface area contributed by atoms with Gasteiger partial charge in [0.25, 0.3) is 0 Å². The van der Waals surface area contributed by atoms with E-state index in [4.69, 9.17) is 11.6 Å². The summed E-state index contributed by atoms with van der Waals surface area (Å²) in [5.41, 5.74) is 3.03. The number of pyridine rings is 1. The van der Waals surface area contributed by atoms with E-state index in [2.05, 4.69) is 11.1 Å². The highest BCUT2D eigenvalue weighted by Gasteiger charge is 2.22. The zero-order chi connectivity index (χ0) is 13.9. The molecule has 0 aliphatic carbocycles. The van der Waals surface area contributed by atoms with Crippen LogP contribution in [-0.4, -0.2) is 10.9 Å². The Balaban J connectivity index is 1.96. The van der Waals surface area contributed by atoms with Gasteiger partial charge in [-0.3, -0.25) is 4.79 Å². The van der Waals surface area contributed by atoms with Crippen LogP contribution in [0.25, 0.3) is 0 Å². The van der Waals surface area contributed by atoms with E-state index < -0.39 is 0 Å².